The van der Waals surface area contributed by atoms with Crippen LogP contribution >= 0.6 is 0 Å². The Hall–Kier alpha value is -2.60. The second-order valence-electron chi connectivity index (χ2n) is 6.35. The average Bonchev–Trinajstić information content (AvgIpc) is 3.18. The van der Waals surface area contributed by atoms with E-state index >= 15 is 0 Å². The monoisotopic (exact) mass is 357 g/mol. The van der Waals surface area contributed by atoms with Gasteiger partial charge in [0.1, 0.15) is 11.6 Å². The Morgan fingerprint density at radius 2 is 1.96 bits per heavy atom. The molecule has 1 unspecified atom stereocenters. The number of nitrogens with one attached hydrogen (secondary N) is 2. The number of nitrogens with zero attached hydrogens (tertiary/aromatic N) is 1. The van der Waals surface area contributed by atoms with Gasteiger partial charge < -0.3 is 15.4 Å². The minimum Gasteiger partial charge on any atom is -0.497 e. The number of hydrogen-bond acceptors (Lipinski definition) is 3. The van der Waals surface area contributed by atoms with Gasteiger partial charge in [-0.15, -0.1) is 0 Å². The summed E-state index contributed by atoms with van der Waals surface area (Å²) in [6.45, 7) is 2.43. The summed E-state index contributed by atoms with van der Waals surface area (Å²) in [6.07, 6.45) is 2.31. The van der Waals surface area contributed by atoms with E-state index in [1.54, 1.807) is 19.2 Å². The van der Waals surface area contributed by atoms with E-state index in [0.717, 1.165) is 37.2 Å². The quantitative estimate of drug-likeness (QED) is 0.827. The molecule has 0 saturated carbocycles. The molecule has 0 aromatic heterocycles. The minimum atomic E-state index is -0.452. The summed E-state index contributed by atoms with van der Waals surface area (Å²) in [7, 11) is 1.64. The molecule has 2 amide bonds. The van der Waals surface area contributed by atoms with Crippen LogP contribution in [0.25, 0.3) is 0 Å². The Morgan fingerprint density at radius 3 is 2.69 bits per heavy atom. The summed E-state index contributed by atoms with van der Waals surface area (Å²) in [5.74, 6) is 0.342. The van der Waals surface area contributed by atoms with Crippen LogP contribution in [0.4, 0.5) is 14.9 Å². The van der Waals surface area contributed by atoms with Crippen molar-refractivity contribution in [3.05, 3.63) is 59.9 Å². The number of amides is 2. The van der Waals surface area contributed by atoms with Crippen molar-refractivity contribution in [2.75, 3.05) is 32.1 Å². The van der Waals surface area contributed by atoms with E-state index in [-0.39, 0.29) is 11.7 Å². The molecule has 26 heavy (non-hydrogen) atoms. The first-order valence-electron chi connectivity index (χ1n) is 8.85. The van der Waals surface area contributed by atoms with E-state index in [4.69, 9.17) is 4.74 Å². The lowest BCUT2D eigenvalue weighted by molar-refractivity contribution is 0.227. The van der Waals surface area contributed by atoms with Crippen molar-refractivity contribution in [1.82, 2.24) is 10.2 Å². The molecule has 2 aromatic rings. The highest BCUT2D eigenvalue weighted by molar-refractivity contribution is 5.89. The number of anilines is 1. The first kappa shape index (κ1) is 18.2. The van der Waals surface area contributed by atoms with Crippen LogP contribution in [-0.2, 0) is 0 Å². The fourth-order valence-electron chi connectivity index (χ4n) is 3.28. The second kappa shape index (κ2) is 8.67. The fraction of sp³-hybridized carbons (Fsp3) is 0.350. The molecule has 5 nitrogen and oxygen atoms in total. The van der Waals surface area contributed by atoms with Crippen molar-refractivity contribution in [1.29, 1.82) is 0 Å². The van der Waals surface area contributed by atoms with Gasteiger partial charge in [-0.25, -0.2) is 9.18 Å². The van der Waals surface area contributed by atoms with Gasteiger partial charge in [-0.1, -0.05) is 24.3 Å². The molecule has 0 spiro atoms. The van der Waals surface area contributed by atoms with Gasteiger partial charge in [-0.2, -0.15) is 0 Å². The van der Waals surface area contributed by atoms with Gasteiger partial charge in [0, 0.05) is 6.54 Å². The van der Waals surface area contributed by atoms with Crippen LogP contribution in [0.15, 0.2) is 48.5 Å². The third-order valence-corrected chi connectivity index (χ3v) is 4.64. The number of likely N-dealkylation sites (tertiary alicyclic amines) is 1. The van der Waals surface area contributed by atoms with Crippen LogP contribution in [0.2, 0.25) is 0 Å². The number of para-hydroxylation sites is 1. The van der Waals surface area contributed by atoms with Crippen LogP contribution in [0.5, 0.6) is 5.75 Å². The molecule has 2 aromatic carbocycles. The number of carbonyl (C=O) groups excluding carboxylic acids is 1. The number of rotatable bonds is 6. The maximum atomic E-state index is 13.7. The molecule has 0 radical (unpaired) electrons. The molecular weight excluding hydrogens is 333 g/mol. The van der Waals surface area contributed by atoms with Crippen molar-refractivity contribution in [3.8, 4) is 5.75 Å². The summed E-state index contributed by atoms with van der Waals surface area (Å²) in [5, 5.41) is 5.43. The number of carbonyl (C=O) groups is 1. The lowest BCUT2D eigenvalue weighted by atomic mass is 10.1. The molecule has 2 N–H and O–H groups in total. The zero-order chi connectivity index (χ0) is 18.4. The summed E-state index contributed by atoms with van der Waals surface area (Å²) < 4.78 is 19.0. The highest BCUT2D eigenvalue weighted by Gasteiger charge is 2.24. The van der Waals surface area contributed by atoms with Gasteiger partial charge >= 0.3 is 6.03 Å². The Labute approximate surface area is 153 Å². The SMILES string of the molecule is COc1cccc(C(CNC(=O)Nc2ccccc2F)N2CCCC2)c1. The Bertz CT molecular complexity index is 747. The first-order valence-corrected chi connectivity index (χ1v) is 8.85. The Morgan fingerprint density at radius 1 is 1.19 bits per heavy atom. The molecule has 138 valence electrons. The normalized spacial score (nSPS) is 15.5. The minimum absolute atomic E-state index is 0.0546. The highest BCUT2D eigenvalue weighted by Crippen LogP contribution is 2.27. The van der Waals surface area contributed by atoms with Gasteiger partial charge in [0.15, 0.2) is 0 Å². The van der Waals surface area contributed by atoms with E-state index in [0.29, 0.717) is 6.54 Å². The maximum Gasteiger partial charge on any atom is 0.319 e. The van der Waals surface area contributed by atoms with Gasteiger partial charge in [0.25, 0.3) is 0 Å². The van der Waals surface area contributed by atoms with E-state index in [9.17, 15) is 9.18 Å². The summed E-state index contributed by atoms with van der Waals surface area (Å²) >= 11 is 0. The summed E-state index contributed by atoms with van der Waals surface area (Å²) in [6, 6.07) is 13.7. The van der Waals surface area contributed by atoms with E-state index in [1.165, 1.54) is 12.1 Å². The summed E-state index contributed by atoms with van der Waals surface area (Å²) in [4.78, 5) is 14.6. The number of urea groups is 1. The van der Waals surface area contributed by atoms with Crippen molar-refractivity contribution < 1.29 is 13.9 Å². The predicted octanol–water partition coefficient (Wildman–Crippen LogP) is 3.79. The maximum absolute atomic E-state index is 13.7. The van der Waals surface area contributed by atoms with Crippen molar-refractivity contribution >= 4 is 11.7 Å². The molecule has 6 heteroatoms. The number of methoxy groups -OCH3 is 1. The van der Waals surface area contributed by atoms with Crippen molar-refractivity contribution in [2.45, 2.75) is 18.9 Å². The van der Waals surface area contributed by atoms with Crippen LogP contribution in [-0.4, -0.2) is 37.7 Å². The highest BCUT2D eigenvalue weighted by atomic mass is 19.1. The van der Waals surface area contributed by atoms with Crippen LogP contribution in [0.3, 0.4) is 0 Å². The number of halogens is 1. The van der Waals surface area contributed by atoms with E-state index in [2.05, 4.69) is 15.5 Å². The standard InChI is InChI=1S/C20H24FN3O2/c1-26-16-8-6-7-15(13-16)19(24-11-4-5-12-24)14-22-20(25)23-18-10-3-2-9-17(18)21/h2-3,6-10,13,19H,4-5,11-12,14H2,1H3,(H2,22,23,25). The topological polar surface area (TPSA) is 53.6 Å². The van der Waals surface area contributed by atoms with Crippen LogP contribution in [0, 0.1) is 5.82 Å². The lowest BCUT2D eigenvalue weighted by Crippen LogP contribution is -2.38. The van der Waals surface area contributed by atoms with Crippen molar-refractivity contribution in [2.24, 2.45) is 0 Å². The molecule has 0 aliphatic carbocycles. The van der Waals surface area contributed by atoms with Gasteiger partial charge in [0.2, 0.25) is 0 Å². The molecule has 1 heterocycles. The number of ether oxygens (including phenoxy) is 1. The predicted molar refractivity (Wildman–Crippen MR) is 100.0 cm³/mol. The average molecular weight is 357 g/mol. The van der Waals surface area contributed by atoms with Gasteiger partial charge in [0.05, 0.1) is 18.8 Å². The van der Waals surface area contributed by atoms with Gasteiger partial charge in [-0.05, 0) is 55.8 Å². The second-order valence-corrected chi connectivity index (χ2v) is 6.35. The van der Waals surface area contributed by atoms with Crippen LogP contribution in [0.1, 0.15) is 24.4 Å². The van der Waals surface area contributed by atoms with E-state index < -0.39 is 11.8 Å². The fourth-order valence-corrected chi connectivity index (χ4v) is 3.28. The third kappa shape index (κ3) is 4.52. The van der Waals surface area contributed by atoms with Crippen molar-refractivity contribution in [3.63, 3.8) is 0 Å². The molecule has 1 aliphatic rings. The molecule has 1 aliphatic heterocycles. The number of hydrogen-bond donors (Lipinski definition) is 2. The first-order chi connectivity index (χ1) is 12.7. The molecule has 1 fully saturated rings. The largest absolute Gasteiger partial charge is 0.497 e. The lowest BCUT2D eigenvalue weighted by Gasteiger charge is -2.28. The number of benzene rings is 2. The Kier molecular flexibility index (Phi) is 6.07. The molecule has 1 atom stereocenters. The van der Waals surface area contributed by atoms with Crippen LogP contribution < -0.4 is 15.4 Å². The zero-order valence-corrected chi connectivity index (χ0v) is 14.9. The zero-order valence-electron chi connectivity index (χ0n) is 14.9. The molecule has 3 rings (SSSR count). The van der Waals surface area contributed by atoms with E-state index in [1.807, 2.05) is 24.3 Å². The molecule has 1 saturated heterocycles. The third-order valence-electron chi connectivity index (χ3n) is 4.64. The van der Waals surface area contributed by atoms with Gasteiger partial charge in [-0.3, -0.25) is 4.90 Å². The molecule has 0 bridgehead atoms. The smallest absolute Gasteiger partial charge is 0.319 e. The molecular formula is C20H24FN3O2. The summed E-state index contributed by atoms with van der Waals surface area (Å²) in [5.41, 5.74) is 1.27. The Balaban J connectivity index is 1.67.